The van der Waals surface area contributed by atoms with Gasteiger partial charge < -0.3 is 4.42 Å². The summed E-state index contributed by atoms with van der Waals surface area (Å²) in [7, 11) is 1.84. The maximum atomic E-state index is 5.69. The zero-order valence-corrected chi connectivity index (χ0v) is 14.8. The van der Waals surface area contributed by atoms with Crippen LogP contribution in [0.2, 0.25) is 0 Å². The van der Waals surface area contributed by atoms with Crippen LogP contribution in [0, 0.1) is 0 Å². The first kappa shape index (κ1) is 15.6. The minimum atomic E-state index is 0.133. The molecular weight excluding hydrogens is 312 g/mol. The Kier molecular flexibility index (Phi) is 3.46. The fraction of sp³-hybridized carbons (Fsp3) is 0.250. The number of benzene rings is 1. The second-order valence-electron chi connectivity index (χ2n) is 7.30. The van der Waals surface area contributed by atoms with Crippen molar-refractivity contribution in [1.82, 2.24) is 20.0 Å². The van der Waals surface area contributed by atoms with Gasteiger partial charge in [0.2, 0.25) is 0 Å². The van der Waals surface area contributed by atoms with Crippen LogP contribution >= 0.6 is 0 Å². The van der Waals surface area contributed by atoms with E-state index in [0.29, 0.717) is 0 Å². The van der Waals surface area contributed by atoms with Gasteiger partial charge in [0.1, 0.15) is 17.5 Å². The van der Waals surface area contributed by atoms with Crippen molar-refractivity contribution in [2.24, 2.45) is 7.05 Å². The van der Waals surface area contributed by atoms with Gasteiger partial charge in [-0.1, -0.05) is 50.3 Å². The Bertz CT molecular complexity index is 1040. The molecule has 126 valence electrons. The molecule has 0 saturated carbocycles. The van der Waals surface area contributed by atoms with Crippen LogP contribution in [0.1, 0.15) is 26.3 Å². The second-order valence-corrected chi connectivity index (χ2v) is 7.30. The zero-order valence-electron chi connectivity index (χ0n) is 14.8. The van der Waals surface area contributed by atoms with E-state index in [1.54, 1.807) is 10.9 Å². The van der Waals surface area contributed by atoms with Crippen molar-refractivity contribution in [3.8, 4) is 22.5 Å². The van der Waals surface area contributed by atoms with Gasteiger partial charge in [-0.05, 0) is 28.7 Å². The number of nitrogens with zero attached hydrogens (tertiary/aromatic N) is 4. The first-order valence-electron chi connectivity index (χ1n) is 8.28. The third-order valence-electron chi connectivity index (χ3n) is 4.34. The van der Waals surface area contributed by atoms with Crippen LogP contribution in [0.3, 0.4) is 0 Å². The number of furan rings is 1. The summed E-state index contributed by atoms with van der Waals surface area (Å²) >= 11 is 0. The Morgan fingerprint density at radius 2 is 1.72 bits per heavy atom. The lowest BCUT2D eigenvalue weighted by Gasteiger charge is -2.19. The molecule has 0 amide bonds. The van der Waals surface area contributed by atoms with E-state index in [-0.39, 0.29) is 5.41 Å². The molecule has 25 heavy (non-hydrogen) atoms. The van der Waals surface area contributed by atoms with Gasteiger partial charge in [-0.25, -0.2) is 4.98 Å². The molecule has 0 aliphatic rings. The summed E-state index contributed by atoms with van der Waals surface area (Å²) in [5, 5.41) is 8.12. The van der Waals surface area contributed by atoms with Gasteiger partial charge in [0.05, 0.1) is 11.9 Å². The third kappa shape index (κ3) is 2.82. The molecular formula is C20H20N4O. The first-order chi connectivity index (χ1) is 11.9. The monoisotopic (exact) mass is 332 g/mol. The van der Waals surface area contributed by atoms with Gasteiger partial charge in [-0.3, -0.25) is 4.68 Å². The summed E-state index contributed by atoms with van der Waals surface area (Å²) in [6.45, 7) is 6.64. The standard InChI is InChI=1S/C20H20N4O/c1-20(2,3)14-7-5-13(6-8-14)15-12-25-18-10-9-16(21-19(15)18)17-11-24(4)23-22-17/h5-12H,1-4H3. The average molecular weight is 332 g/mol. The molecule has 0 unspecified atom stereocenters. The highest BCUT2D eigenvalue weighted by Crippen LogP contribution is 2.32. The quantitative estimate of drug-likeness (QED) is 0.539. The normalized spacial score (nSPS) is 12.0. The van der Waals surface area contributed by atoms with Gasteiger partial charge in [0.15, 0.2) is 5.58 Å². The van der Waals surface area contributed by atoms with Gasteiger partial charge in [0.25, 0.3) is 0 Å². The van der Waals surface area contributed by atoms with Crippen molar-refractivity contribution < 1.29 is 4.42 Å². The Labute approximate surface area is 146 Å². The SMILES string of the molecule is Cn1cc(-c2ccc3occ(-c4ccc(C(C)(C)C)cc4)c3n2)nn1. The Hall–Kier alpha value is -2.95. The molecule has 4 rings (SSSR count). The van der Waals surface area contributed by atoms with Crippen molar-refractivity contribution in [2.45, 2.75) is 26.2 Å². The summed E-state index contributed by atoms with van der Waals surface area (Å²) in [4.78, 5) is 4.76. The highest BCUT2D eigenvalue weighted by atomic mass is 16.3. The molecule has 0 bridgehead atoms. The molecule has 0 radical (unpaired) electrons. The molecule has 0 spiro atoms. The highest BCUT2D eigenvalue weighted by Gasteiger charge is 2.16. The van der Waals surface area contributed by atoms with E-state index in [4.69, 9.17) is 9.40 Å². The van der Waals surface area contributed by atoms with Crippen LogP contribution in [0.5, 0.6) is 0 Å². The number of aromatic nitrogens is 4. The fourth-order valence-electron chi connectivity index (χ4n) is 2.87. The number of aryl methyl sites for hydroxylation is 1. The Morgan fingerprint density at radius 1 is 0.960 bits per heavy atom. The maximum Gasteiger partial charge on any atom is 0.153 e. The number of fused-ring (bicyclic) bond motifs is 1. The smallest absolute Gasteiger partial charge is 0.153 e. The predicted octanol–water partition coefficient (Wildman–Crippen LogP) is 4.59. The summed E-state index contributed by atoms with van der Waals surface area (Å²) in [6, 6.07) is 12.4. The Morgan fingerprint density at radius 3 is 2.36 bits per heavy atom. The number of pyridine rings is 1. The molecule has 4 aromatic rings. The maximum absolute atomic E-state index is 5.69. The predicted molar refractivity (Wildman–Crippen MR) is 98.1 cm³/mol. The molecule has 3 aromatic heterocycles. The molecule has 0 fully saturated rings. The van der Waals surface area contributed by atoms with Crippen LogP contribution in [0.4, 0.5) is 0 Å². The lowest BCUT2D eigenvalue weighted by Crippen LogP contribution is -2.10. The van der Waals surface area contributed by atoms with Crippen LogP contribution in [-0.2, 0) is 12.5 Å². The Balaban J connectivity index is 1.79. The van der Waals surface area contributed by atoms with Crippen molar-refractivity contribution in [1.29, 1.82) is 0 Å². The van der Waals surface area contributed by atoms with E-state index >= 15 is 0 Å². The number of rotatable bonds is 2. The molecule has 0 atom stereocenters. The van der Waals surface area contributed by atoms with Gasteiger partial charge >= 0.3 is 0 Å². The lowest BCUT2D eigenvalue weighted by atomic mass is 9.86. The molecule has 0 saturated heterocycles. The lowest BCUT2D eigenvalue weighted by molar-refractivity contribution is 0.590. The van der Waals surface area contributed by atoms with Crippen LogP contribution < -0.4 is 0 Å². The minimum absolute atomic E-state index is 0.133. The molecule has 5 heteroatoms. The van der Waals surface area contributed by atoms with Crippen LogP contribution in [-0.4, -0.2) is 20.0 Å². The van der Waals surface area contributed by atoms with Crippen LogP contribution in [0.15, 0.2) is 53.3 Å². The summed E-state index contributed by atoms with van der Waals surface area (Å²) < 4.78 is 7.36. The molecule has 0 aliphatic heterocycles. The van der Waals surface area contributed by atoms with Gasteiger partial charge in [0, 0.05) is 12.6 Å². The summed E-state index contributed by atoms with van der Waals surface area (Å²) in [5.74, 6) is 0. The second kappa shape index (κ2) is 5.55. The van der Waals surface area contributed by atoms with Crippen molar-refractivity contribution in [2.75, 3.05) is 0 Å². The molecule has 5 nitrogen and oxygen atoms in total. The topological polar surface area (TPSA) is 56.7 Å². The third-order valence-corrected chi connectivity index (χ3v) is 4.34. The van der Waals surface area contributed by atoms with Crippen LogP contribution in [0.25, 0.3) is 33.6 Å². The average Bonchev–Trinajstić information content (AvgIpc) is 3.19. The van der Waals surface area contributed by atoms with E-state index in [1.807, 2.05) is 25.4 Å². The van der Waals surface area contributed by atoms with E-state index in [0.717, 1.165) is 33.6 Å². The van der Waals surface area contributed by atoms with Crippen molar-refractivity contribution >= 4 is 11.1 Å². The summed E-state index contributed by atoms with van der Waals surface area (Å²) in [6.07, 6.45) is 3.62. The molecule has 1 aromatic carbocycles. The van der Waals surface area contributed by atoms with Crippen molar-refractivity contribution in [3.05, 3.63) is 54.4 Å². The zero-order chi connectivity index (χ0) is 17.6. The summed E-state index contributed by atoms with van der Waals surface area (Å²) in [5.41, 5.74) is 6.66. The van der Waals surface area contributed by atoms with Gasteiger partial charge in [-0.2, -0.15) is 0 Å². The molecule has 0 aliphatic carbocycles. The number of hydrogen-bond acceptors (Lipinski definition) is 4. The molecule has 0 N–H and O–H groups in total. The first-order valence-corrected chi connectivity index (χ1v) is 8.28. The van der Waals surface area contributed by atoms with Crippen molar-refractivity contribution in [3.63, 3.8) is 0 Å². The van der Waals surface area contributed by atoms with E-state index < -0.39 is 0 Å². The fourth-order valence-corrected chi connectivity index (χ4v) is 2.87. The molecule has 3 heterocycles. The largest absolute Gasteiger partial charge is 0.462 e. The van der Waals surface area contributed by atoms with E-state index in [9.17, 15) is 0 Å². The highest BCUT2D eigenvalue weighted by molar-refractivity contribution is 5.91. The van der Waals surface area contributed by atoms with Gasteiger partial charge in [-0.15, -0.1) is 5.10 Å². The minimum Gasteiger partial charge on any atom is -0.462 e. The number of hydrogen-bond donors (Lipinski definition) is 0. The van der Waals surface area contributed by atoms with E-state index in [2.05, 4.69) is 55.3 Å². The van der Waals surface area contributed by atoms with E-state index in [1.165, 1.54) is 5.56 Å².